The lowest BCUT2D eigenvalue weighted by molar-refractivity contribution is 0.102. The van der Waals surface area contributed by atoms with Crippen LogP contribution in [-0.4, -0.2) is 10.9 Å². The van der Waals surface area contributed by atoms with Crippen molar-refractivity contribution in [2.75, 3.05) is 5.32 Å². The molecule has 0 aliphatic rings. The lowest BCUT2D eigenvalue weighted by atomic mass is 10.1. The highest BCUT2D eigenvalue weighted by molar-refractivity contribution is 9.10. The van der Waals surface area contributed by atoms with E-state index < -0.39 is 0 Å². The van der Waals surface area contributed by atoms with Crippen LogP contribution >= 0.6 is 28.1 Å². The fraction of sp³-hybridized carbons (Fsp3) is 0.125. The number of benzene rings is 2. The first-order valence-electron chi connectivity index (χ1n) is 6.51. The molecule has 0 aromatic heterocycles. The van der Waals surface area contributed by atoms with Crippen LogP contribution in [0.5, 0.6) is 0 Å². The molecule has 0 fully saturated rings. The zero-order valence-corrected chi connectivity index (χ0v) is 13.9. The molecule has 21 heavy (non-hydrogen) atoms. The minimum Gasteiger partial charge on any atom is -0.389 e. The molecule has 2 rings (SSSR count). The van der Waals surface area contributed by atoms with E-state index in [0.717, 1.165) is 10.9 Å². The van der Waals surface area contributed by atoms with E-state index in [2.05, 4.69) is 28.2 Å². The molecule has 0 bridgehead atoms. The molecular weight excluding hydrogens is 348 g/mol. The van der Waals surface area contributed by atoms with Crippen molar-refractivity contribution in [3.63, 3.8) is 0 Å². The summed E-state index contributed by atoms with van der Waals surface area (Å²) in [5.41, 5.74) is 8.72. The number of nitrogens with two attached hydrogens (primary N) is 1. The molecule has 108 valence electrons. The van der Waals surface area contributed by atoms with Gasteiger partial charge < -0.3 is 11.1 Å². The van der Waals surface area contributed by atoms with Crippen LogP contribution in [0.15, 0.2) is 46.9 Å². The second kappa shape index (κ2) is 6.83. The Labute approximate surface area is 137 Å². The summed E-state index contributed by atoms with van der Waals surface area (Å²) >= 11 is 8.38. The van der Waals surface area contributed by atoms with Gasteiger partial charge in [0.2, 0.25) is 0 Å². The number of carbonyl (C=O) groups excluding carboxylic acids is 1. The first kappa shape index (κ1) is 15.7. The maximum absolute atomic E-state index is 12.3. The monoisotopic (exact) mass is 362 g/mol. The summed E-state index contributed by atoms with van der Waals surface area (Å²) in [6.07, 6.45) is 0.944. The van der Waals surface area contributed by atoms with E-state index in [0.29, 0.717) is 16.8 Å². The van der Waals surface area contributed by atoms with Crippen LogP contribution < -0.4 is 11.1 Å². The topological polar surface area (TPSA) is 55.1 Å². The third-order valence-electron chi connectivity index (χ3n) is 3.12. The summed E-state index contributed by atoms with van der Waals surface area (Å²) in [4.78, 5) is 12.5. The molecule has 1 amide bonds. The Morgan fingerprint density at radius 2 is 1.90 bits per heavy atom. The van der Waals surface area contributed by atoms with Gasteiger partial charge in [-0.1, -0.05) is 47.2 Å². The third kappa shape index (κ3) is 3.89. The Kier molecular flexibility index (Phi) is 5.09. The molecule has 0 saturated heterocycles. The number of hydrogen-bond donors (Lipinski definition) is 2. The van der Waals surface area contributed by atoms with Gasteiger partial charge in [0, 0.05) is 15.6 Å². The van der Waals surface area contributed by atoms with Gasteiger partial charge in [-0.15, -0.1) is 0 Å². The standard InChI is InChI=1S/C16H15BrN2OS/c1-2-10-3-5-11(6-4-10)16(20)19-14-9-12(17)7-8-13(14)15(18)21/h3-9H,2H2,1H3,(H2,18,21)(H,19,20). The maximum atomic E-state index is 12.3. The highest BCUT2D eigenvalue weighted by Gasteiger charge is 2.11. The Morgan fingerprint density at radius 3 is 2.48 bits per heavy atom. The highest BCUT2D eigenvalue weighted by Crippen LogP contribution is 2.22. The molecular formula is C16H15BrN2OS. The van der Waals surface area contributed by atoms with Crippen LogP contribution in [0, 0.1) is 0 Å². The third-order valence-corrected chi connectivity index (χ3v) is 3.83. The van der Waals surface area contributed by atoms with Gasteiger partial charge in [0.05, 0.1) is 5.69 Å². The summed E-state index contributed by atoms with van der Waals surface area (Å²) < 4.78 is 0.846. The van der Waals surface area contributed by atoms with Gasteiger partial charge in [-0.25, -0.2) is 0 Å². The Balaban J connectivity index is 2.26. The molecule has 2 aromatic rings. The van der Waals surface area contributed by atoms with Crippen molar-refractivity contribution in [1.29, 1.82) is 0 Å². The van der Waals surface area contributed by atoms with Crippen LogP contribution in [0.2, 0.25) is 0 Å². The highest BCUT2D eigenvalue weighted by atomic mass is 79.9. The van der Waals surface area contributed by atoms with Crippen molar-refractivity contribution in [3.05, 3.63) is 63.6 Å². The van der Waals surface area contributed by atoms with E-state index in [1.54, 1.807) is 12.1 Å². The van der Waals surface area contributed by atoms with Gasteiger partial charge in [0.1, 0.15) is 4.99 Å². The van der Waals surface area contributed by atoms with Gasteiger partial charge in [-0.2, -0.15) is 0 Å². The van der Waals surface area contributed by atoms with E-state index in [-0.39, 0.29) is 10.9 Å². The molecule has 0 spiro atoms. The minimum absolute atomic E-state index is 0.187. The first-order valence-corrected chi connectivity index (χ1v) is 7.71. The summed E-state index contributed by atoms with van der Waals surface area (Å²) in [6, 6.07) is 12.9. The van der Waals surface area contributed by atoms with Crippen LogP contribution in [0.3, 0.4) is 0 Å². The van der Waals surface area contributed by atoms with Crippen LogP contribution in [0.4, 0.5) is 5.69 Å². The zero-order valence-electron chi connectivity index (χ0n) is 11.5. The number of nitrogens with one attached hydrogen (secondary N) is 1. The first-order chi connectivity index (χ1) is 10.0. The fourth-order valence-electron chi connectivity index (χ4n) is 1.92. The number of amides is 1. The molecule has 0 atom stereocenters. The molecule has 0 radical (unpaired) electrons. The fourth-order valence-corrected chi connectivity index (χ4v) is 2.46. The van der Waals surface area contributed by atoms with Crippen LogP contribution in [0.25, 0.3) is 0 Å². The zero-order chi connectivity index (χ0) is 15.4. The van der Waals surface area contributed by atoms with Crippen molar-refractivity contribution >= 4 is 44.7 Å². The largest absolute Gasteiger partial charge is 0.389 e. The van der Waals surface area contributed by atoms with Crippen molar-refractivity contribution in [2.45, 2.75) is 13.3 Å². The summed E-state index contributed by atoms with van der Waals surface area (Å²) in [5, 5.41) is 2.85. The van der Waals surface area contributed by atoms with Gasteiger partial charge in [0.15, 0.2) is 0 Å². The summed E-state index contributed by atoms with van der Waals surface area (Å²) in [6.45, 7) is 2.07. The number of rotatable bonds is 4. The molecule has 5 heteroatoms. The number of anilines is 1. The average Bonchev–Trinajstić information content (AvgIpc) is 2.47. The van der Waals surface area contributed by atoms with Crippen LogP contribution in [-0.2, 0) is 6.42 Å². The van der Waals surface area contributed by atoms with Crippen molar-refractivity contribution in [3.8, 4) is 0 Å². The van der Waals surface area contributed by atoms with Gasteiger partial charge in [-0.05, 0) is 42.3 Å². The molecule has 3 nitrogen and oxygen atoms in total. The second-order valence-corrected chi connectivity index (χ2v) is 5.91. The lowest BCUT2D eigenvalue weighted by Crippen LogP contribution is -2.17. The average molecular weight is 363 g/mol. The molecule has 0 saturated carbocycles. The predicted octanol–water partition coefficient (Wildman–Crippen LogP) is 3.90. The molecule has 0 unspecified atom stereocenters. The summed E-state index contributed by atoms with van der Waals surface area (Å²) in [5.74, 6) is -0.187. The Bertz CT molecular complexity index is 683. The molecule has 2 aromatic carbocycles. The lowest BCUT2D eigenvalue weighted by Gasteiger charge is -2.11. The molecule has 0 aliphatic heterocycles. The number of thiocarbonyl (C=S) groups is 1. The van der Waals surface area contributed by atoms with Gasteiger partial charge in [-0.3, -0.25) is 4.79 Å². The van der Waals surface area contributed by atoms with Crippen molar-refractivity contribution in [2.24, 2.45) is 5.73 Å². The van der Waals surface area contributed by atoms with Crippen molar-refractivity contribution in [1.82, 2.24) is 0 Å². The van der Waals surface area contributed by atoms with Gasteiger partial charge >= 0.3 is 0 Å². The van der Waals surface area contributed by atoms with E-state index in [1.807, 2.05) is 30.3 Å². The molecule has 0 heterocycles. The Hall–Kier alpha value is -1.72. The van der Waals surface area contributed by atoms with E-state index in [1.165, 1.54) is 5.56 Å². The number of halogens is 1. The van der Waals surface area contributed by atoms with E-state index in [9.17, 15) is 4.79 Å². The molecule has 0 aliphatic carbocycles. The van der Waals surface area contributed by atoms with Crippen LogP contribution in [0.1, 0.15) is 28.4 Å². The number of aryl methyl sites for hydroxylation is 1. The summed E-state index contributed by atoms with van der Waals surface area (Å²) in [7, 11) is 0. The van der Waals surface area contributed by atoms with E-state index in [4.69, 9.17) is 18.0 Å². The minimum atomic E-state index is -0.187. The normalized spacial score (nSPS) is 10.2. The number of hydrogen-bond acceptors (Lipinski definition) is 2. The predicted molar refractivity (Wildman–Crippen MR) is 93.8 cm³/mol. The molecule has 3 N–H and O–H groups in total. The van der Waals surface area contributed by atoms with Crippen molar-refractivity contribution < 1.29 is 4.79 Å². The Morgan fingerprint density at radius 1 is 1.24 bits per heavy atom. The second-order valence-electron chi connectivity index (χ2n) is 4.56. The number of carbonyl (C=O) groups is 1. The van der Waals surface area contributed by atoms with E-state index >= 15 is 0 Å². The SMILES string of the molecule is CCc1ccc(C(=O)Nc2cc(Br)ccc2C(N)=S)cc1. The smallest absolute Gasteiger partial charge is 0.255 e. The maximum Gasteiger partial charge on any atom is 0.255 e. The quantitative estimate of drug-likeness (QED) is 0.811. The van der Waals surface area contributed by atoms with Gasteiger partial charge in [0.25, 0.3) is 5.91 Å².